The Morgan fingerprint density at radius 1 is 0.972 bits per heavy atom. The second-order valence-electron chi connectivity index (χ2n) is 9.01. The van der Waals surface area contributed by atoms with Crippen LogP contribution in [0.4, 0.5) is 4.39 Å². The van der Waals surface area contributed by atoms with Crippen molar-refractivity contribution in [3.05, 3.63) is 101 Å². The van der Waals surface area contributed by atoms with Crippen LogP contribution >= 0.6 is 23.4 Å². The molecule has 0 aliphatic carbocycles. The zero-order valence-corrected chi connectivity index (χ0v) is 22.2. The molecule has 0 saturated heterocycles. The van der Waals surface area contributed by atoms with Crippen molar-refractivity contribution < 1.29 is 14.0 Å². The molecule has 3 aromatic carbocycles. The summed E-state index contributed by atoms with van der Waals surface area (Å²) >= 11 is 7.51. The molecule has 0 fully saturated rings. The molecular formula is C29H32ClFN2O2S. The lowest BCUT2D eigenvalue weighted by Gasteiger charge is -2.32. The standard InChI is InChI=1S/C29H32ClFN2O2S/c1-21(2)19-32-29(35)27(18-22-8-4-3-5-9-22)33(20-23-10-6-7-11-26(23)31)28(34)16-17-36-25-14-12-24(30)13-15-25/h3-15,21,27H,16-20H2,1-2H3,(H,32,35)/t27-/m0/s1. The predicted molar refractivity (Wildman–Crippen MR) is 146 cm³/mol. The van der Waals surface area contributed by atoms with Crippen molar-refractivity contribution in [1.29, 1.82) is 0 Å². The Bertz CT molecular complexity index is 1130. The number of nitrogens with one attached hydrogen (secondary N) is 1. The Labute approximate surface area is 222 Å². The zero-order valence-electron chi connectivity index (χ0n) is 20.6. The fourth-order valence-electron chi connectivity index (χ4n) is 3.72. The van der Waals surface area contributed by atoms with Crippen LogP contribution in [0.5, 0.6) is 0 Å². The van der Waals surface area contributed by atoms with Gasteiger partial charge in [-0.15, -0.1) is 11.8 Å². The normalized spacial score (nSPS) is 11.8. The average molecular weight is 527 g/mol. The van der Waals surface area contributed by atoms with Crippen molar-refractivity contribution in [2.75, 3.05) is 12.3 Å². The van der Waals surface area contributed by atoms with Gasteiger partial charge in [-0.1, -0.05) is 74.0 Å². The van der Waals surface area contributed by atoms with Gasteiger partial charge in [0.05, 0.1) is 0 Å². The molecule has 2 amide bonds. The number of amides is 2. The molecule has 3 aromatic rings. The monoisotopic (exact) mass is 526 g/mol. The molecule has 7 heteroatoms. The summed E-state index contributed by atoms with van der Waals surface area (Å²) in [6.07, 6.45) is 0.555. The molecule has 36 heavy (non-hydrogen) atoms. The molecule has 0 saturated carbocycles. The Kier molecular flexibility index (Phi) is 10.8. The molecule has 3 rings (SSSR count). The summed E-state index contributed by atoms with van der Waals surface area (Å²) in [7, 11) is 0. The third-order valence-corrected chi connectivity index (χ3v) is 6.92. The Morgan fingerprint density at radius 2 is 1.64 bits per heavy atom. The molecule has 0 aromatic heterocycles. The highest BCUT2D eigenvalue weighted by molar-refractivity contribution is 7.99. The molecule has 0 radical (unpaired) electrons. The van der Waals surface area contributed by atoms with Crippen molar-refractivity contribution in [2.24, 2.45) is 5.92 Å². The van der Waals surface area contributed by atoms with Gasteiger partial charge in [0.25, 0.3) is 0 Å². The van der Waals surface area contributed by atoms with Crippen LogP contribution in [-0.2, 0) is 22.6 Å². The number of halogens is 2. The highest BCUT2D eigenvalue weighted by Crippen LogP contribution is 2.23. The molecule has 1 N–H and O–H groups in total. The van der Waals surface area contributed by atoms with E-state index in [1.807, 2.05) is 68.4 Å². The SMILES string of the molecule is CC(C)CNC(=O)[C@H](Cc1ccccc1)N(Cc1ccccc1F)C(=O)CCSc1ccc(Cl)cc1. The van der Waals surface area contributed by atoms with E-state index in [1.54, 1.807) is 30.0 Å². The third kappa shape index (κ3) is 8.68. The topological polar surface area (TPSA) is 49.4 Å². The Morgan fingerprint density at radius 3 is 2.31 bits per heavy atom. The van der Waals surface area contributed by atoms with Crippen molar-refractivity contribution in [3.63, 3.8) is 0 Å². The van der Waals surface area contributed by atoms with Crippen LogP contribution in [0.3, 0.4) is 0 Å². The molecule has 0 heterocycles. The molecule has 0 bridgehead atoms. The molecule has 190 valence electrons. The van der Waals surface area contributed by atoms with E-state index in [4.69, 9.17) is 11.6 Å². The fraction of sp³-hybridized carbons (Fsp3) is 0.310. The second kappa shape index (κ2) is 14.0. The minimum atomic E-state index is -0.765. The van der Waals surface area contributed by atoms with Gasteiger partial charge in [0.2, 0.25) is 11.8 Å². The number of hydrogen-bond donors (Lipinski definition) is 1. The number of thioether (sulfide) groups is 1. The van der Waals surface area contributed by atoms with Crippen molar-refractivity contribution in [1.82, 2.24) is 10.2 Å². The number of benzene rings is 3. The molecule has 0 aliphatic rings. The summed E-state index contributed by atoms with van der Waals surface area (Å²) in [6, 6.07) is 22.7. The lowest BCUT2D eigenvalue weighted by atomic mass is 10.0. The van der Waals surface area contributed by atoms with Gasteiger partial charge in [0, 0.05) is 47.2 Å². The van der Waals surface area contributed by atoms with Gasteiger partial charge < -0.3 is 10.2 Å². The predicted octanol–water partition coefficient (Wildman–Crippen LogP) is 6.37. The number of rotatable bonds is 12. The van der Waals surface area contributed by atoms with Crippen LogP contribution in [-0.4, -0.2) is 35.1 Å². The van der Waals surface area contributed by atoms with E-state index in [0.29, 0.717) is 29.3 Å². The number of carbonyl (C=O) groups is 2. The van der Waals surface area contributed by atoms with Gasteiger partial charge in [-0.2, -0.15) is 0 Å². The smallest absolute Gasteiger partial charge is 0.243 e. The van der Waals surface area contributed by atoms with Crippen molar-refractivity contribution in [2.45, 2.75) is 44.2 Å². The number of hydrogen-bond acceptors (Lipinski definition) is 3. The largest absolute Gasteiger partial charge is 0.354 e. The summed E-state index contributed by atoms with van der Waals surface area (Å²) in [5, 5.41) is 3.64. The quantitative estimate of drug-likeness (QED) is 0.279. The van der Waals surface area contributed by atoms with E-state index < -0.39 is 11.9 Å². The molecule has 0 aliphatic heterocycles. The summed E-state index contributed by atoms with van der Waals surface area (Å²) < 4.78 is 14.6. The van der Waals surface area contributed by atoms with Gasteiger partial charge in [-0.3, -0.25) is 9.59 Å². The van der Waals surface area contributed by atoms with E-state index in [-0.39, 0.29) is 30.7 Å². The van der Waals surface area contributed by atoms with Crippen LogP contribution in [0.2, 0.25) is 5.02 Å². The second-order valence-corrected chi connectivity index (χ2v) is 10.6. The van der Waals surface area contributed by atoms with Crippen LogP contribution in [0.25, 0.3) is 0 Å². The molecule has 0 spiro atoms. The van der Waals surface area contributed by atoms with Gasteiger partial charge >= 0.3 is 0 Å². The van der Waals surface area contributed by atoms with Crippen LogP contribution in [0.1, 0.15) is 31.4 Å². The summed E-state index contributed by atoms with van der Waals surface area (Å²) in [5.41, 5.74) is 1.31. The van der Waals surface area contributed by atoms with Crippen molar-refractivity contribution in [3.8, 4) is 0 Å². The third-order valence-electron chi connectivity index (χ3n) is 5.65. The van der Waals surface area contributed by atoms with E-state index >= 15 is 0 Å². The van der Waals surface area contributed by atoms with E-state index in [2.05, 4.69) is 5.32 Å². The zero-order chi connectivity index (χ0) is 25.9. The Hall–Kier alpha value is -2.83. The average Bonchev–Trinajstić information content (AvgIpc) is 2.87. The van der Waals surface area contributed by atoms with Gasteiger partial charge in [0.1, 0.15) is 11.9 Å². The first-order valence-corrected chi connectivity index (χ1v) is 13.4. The first-order chi connectivity index (χ1) is 17.3. The highest BCUT2D eigenvalue weighted by Gasteiger charge is 2.30. The number of nitrogens with zero attached hydrogens (tertiary/aromatic N) is 1. The first kappa shape index (κ1) is 27.8. The molecule has 4 nitrogen and oxygen atoms in total. The van der Waals surface area contributed by atoms with Crippen LogP contribution in [0, 0.1) is 11.7 Å². The lowest BCUT2D eigenvalue weighted by molar-refractivity contribution is -0.141. The summed E-state index contributed by atoms with van der Waals surface area (Å²) in [5.74, 6) is -0.0347. The maximum absolute atomic E-state index is 14.6. The maximum atomic E-state index is 14.6. The highest BCUT2D eigenvalue weighted by atomic mass is 35.5. The van der Waals surface area contributed by atoms with E-state index in [9.17, 15) is 14.0 Å². The van der Waals surface area contributed by atoms with Gasteiger partial charge in [-0.05, 0) is 41.8 Å². The van der Waals surface area contributed by atoms with Crippen LogP contribution < -0.4 is 5.32 Å². The first-order valence-electron chi connectivity index (χ1n) is 12.1. The van der Waals surface area contributed by atoms with E-state index in [1.165, 1.54) is 11.0 Å². The summed E-state index contributed by atoms with van der Waals surface area (Å²) in [6.45, 7) is 4.55. The van der Waals surface area contributed by atoms with Crippen molar-refractivity contribution >= 4 is 35.2 Å². The minimum absolute atomic E-state index is 0.0176. The maximum Gasteiger partial charge on any atom is 0.243 e. The minimum Gasteiger partial charge on any atom is -0.354 e. The fourth-order valence-corrected chi connectivity index (χ4v) is 4.68. The van der Waals surface area contributed by atoms with E-state index in [0.717, 1.165) is 10.5 Å². The van der Waals surface area contributed by atoms with Crippen LogP contribution in [0.15, 0.2) is 83.8 Å². The number of carbonyl (C=O) groups excluding carboxylic acids is 2. The lowest BCUT2D eigenvalue weighted by Crippen LogP contribution is -2.51. The molecule has 0 unspecified atom stereocenters. The van der Waals surface area contributed by atoms with Gasteiger partial charge in [0.15, 0.2) is 0 Å². The Balaban J connectivity index is 1.84. The van der Waals surface area contributed by atoms with Gasteiger partial charge in [-0.25, -0.2) is 4.39 Å². The molecular weight excluding hydrogens is 495 g/mol. The molecule has 1 atom stereocenters. The summed E-state index contributed by atoms with van der Waals surface area (Å²) in [4.78, 5) is 29.5.